The van der Waals surface area contributed by atoms with Gasteiger partial charge < -0.3 is 0 Å². The van der Waals surface area contributed by atoms with Crippen LogP contribution in [0, 0.1) is 0 Å². The Morgan fingerprint density at radius 3 is 3.00 bits per heavy atom. The molecular weight excluding hydrogens is 254 g/mol. The van der Waals surface area contributed by atoms with Crippen molar-refractivity contribution in [1.29, 1.82) is 0 Å². The average molecular weight is 258 g/mol. The van der Waals surface area contributed by atoms with Gasteiger partial charge in [-0.05, 0) is 22.0 Å². The predicted molar refractivity (Wildman–Crippen MR) is 53.2 cm³/mol. The van der Waals surface area contributed by atoms with Crippen LogP contribution in [0.3, 0.4) is 0 Å². The minimum absolute atomic E-state index is 0.177. The summed E-state index contributed by atoms with van der Waals surface area (Å²) in [6.45, 7) is 0. The molecule has 0 N–H and O–H groups in total. The van der Waals surface area contributed by atoms with Crippen LogP contribution in [0.1, 0.15) is 0 Å². The molecule has 2 aromatic heterocycles. The maximum absolute atomic E-state index is 11.3. The number of hydrogen-bond donors (Lipinski definition) is 0. The molecule has 4 nitrogen and oxygen atoms in total. The highest BCUT2D eigenvalue weighted by molar-refractivity contribution is 9.10. The first-order valence-corrected chi connectivity index (χ1v) is 5.10. The quantitative estimate of drug-likeness (QED) is 0.777. The van der Waals surface area contributed by atoms with E-state index in [2.05, 4.69) is 26.0 Å². The molecule has 2 heterocycles. The van der Waals surface area contributed by atoms with Crippen LogP contribution in [0.4, 0.5) is 0 Å². The molecule has 0 fully saturated rings. The van der Waals surface area contributed by atoms with Crippen LogP contribution in [-0.4, -0.2) is 14.8 Å². The van der Waals surface area contributed by atoms with Gasteiger partial charge in [-0.1, -0.05) is 0 Å². The summed E-state index contributed by atoms with van der Waals surface area (Å²) < 4.78 is 1.97. The van der Waals surface area contributed by atoms with E-state index in [1.807, 2.05) is 0 Å². The summed E-state index contributed by atoms with van der Waals surface area (Å²) in [5, 5.41) is 6.26. The normalized spacial score (nSPS) is 10.2. The first-order valence-electron chi connectivity index (χ1n) is 3.43. The lowest BCUT2D eigenvalue weighted by atomic mass is 10.6. The number of rotatable bonds is 1. The van der Waals surface area contributed by atoms with Gasteiger partial charge in [0.1, 0.15) is 4.60 Å². The molecule has 0 amide bonds. The molecule has 2 aromatic rings. The lowest BCUT2D eigenvalue weighted by molar-refractivity contribution is 0.798. The van der Waals surface area contributed by atoms with E-state index in [9.17, 15) is 4.79 Å². The van der Waals surface area contributed by atoms with E-state index in [-0.39, 0.29) is 5.56 Å². The van der Waals surface area contributed by atoms with Crippen molar-refractivity contribution in [2.75, 3.05) is 0 Å². The fourth-order valence-electron chi connectivity index (χ4n) is 0.844. The molecular formula is C7H4BrN3OS. The zero-order chi connectivity index (χ0) is 9.26. The molecule has 0 bridgehead atoms. The molecule has 13 heavy (non-hydrogen) atoms. The zero-order valence-corrected chi connectivity index (χ0v) is 8.75. The number of aromatic nitrogens is 3. The lowest BCUT2D eigenvalue weighted by Crippen LogP contribution is -2.18. The van der Waals surface area contributed by atoms with E-state index >= 15 is 0 Å². The highest BCUT2D eigenvalue weighted by atomic mass is 79.9. The van der Waals surface area contributed by atoms with Crippen LogP contribution in [0.5, 0.6) is 0 Å². The molecule has 0 saturated heterocycles. The van der Waals surface area contributed by atoms with Crippen molar-refractivity contribution in [2.24, 2.45) is 0 Å². The van der Waals surface area contributed by atoms with Crippen LogP contribution in [0.2, 0.25) is 0 Å². The summed E-state index contributed by atoms with van der Waals surface area (Å²) in [5.74, 6) is 0. The van der Waals surface area contributed by atoms with E-state index < -0.39 is 0 Å². The van der Waals surface area contributed by atoms with Gasteiger partial charge in [-0.25, -0.2) is 4.98 Å². The Morgan fingerprint density at radius 2 is 2.38 bits per heavy atom. The van der Waals surface area contributed by atoms with Crippen molar-refractivity contribution >= 4 is 27.3 Å². The molecule has 0 aliphatic rings. The maximum atomic E-state index is 11.3. The molecule has 0 aliphatic heterocycles. The topological polar surface area (TPSA) is 47.8 Å². The van der Waals surface area contributed by atoms with Gasteiger partial charge in [0.05, 0.1) is 0 Å². The fraction of sp³-hybridized carbons (Fsp3) is 0. The number of hydrogen-bond acceptors (Lipinski definition) is 4. The maximum Gasteiger partial charge on any atom is 0.273 e. The van der Waals surface area contributed by atoms with Gasteiger partial charge in [0.2, 0.25) is 5.13 Å². The third-order valence-corrected chi connectivity index (χ3v) is 2.89. The van der Waals surface area contributed by atoms with Crippen molar-refractivity contribution in [2.45, 2.75) is 0 Å². The van der Waals surface area contributed by atoms with Crippen LogP contribution in [0.15, 0.2) is 33.1 Å². The summed E-state index contributed by atoms with van der Waals surface area (Å²) in [7, 11) is 0. The Bertz CT molecular complexity index is 478. The molecule has 0 aromatic carbocycles. The minimum atomic E-state index is -0.177. The summed E-state index contributed by atoms with van der Waals surface area (Å²) in [6.07, 6.45) is 1.55. The Labute approximate surface area is 86.0 Å². The Balaban J connectivity index is 2.59. The molecule has 66 valence electrons. The molecule has 0 atom stereocenters. The second-order valence-corrected chi connectivity index (χ2v) is 3.88. The SMILES string of the molecule is O=c1cccnn1-c1nc(Br)cs1. The molecule has 0 spiro atoms. The lowest BCUT2D eigenvalue weighted by Gasteiger charge is -1.95. The summed E-state index contributed by atoms with van der Waals surface area (Å²) in [5.41, 5.74) is -0.177. The highest BCUT2D eigenvalue weighted by Gasteiger charge is 2.03. The standard InChI is InChI=1S/C7H4BrN3OS/c8-5-4-13-7(10-5)11-6(12)2-1-3-9-11/h1-4H. The summed E-state index contributed by atoms with van der Waals surface area (Å²) >= 11 is 4.57. The third kappa shape index (κ3) is 1.68. The summed E-state index contributed by atoms with van der Waals surface area (Å²) in [6, 6.07) is 3.05. The van der Waals surface area contributed by atoms with Gasteiger partial charge in [-0.3, -0.25) is 4.79 Å². The molecule has 0 saturated carbocycles. The summed E-state index contributed by atoms with van der Waals surface area (Å²) in [4.78, 5) is 15.4. The molecule has 0 aliphatic carbocycles. The second-order valence-electron chi connectivity index (χ2n) is 2.23. The Hall–Kier alpha value is -1.01. The van der Waals surface area contributed by atoms with Gasteiger partial charge >= 0.3 is 0 Å². The minimum Gasteiger partial charge on any atom is -0.267 e. The largest absolute Gasteiger partial charge is 0.273 e. The molecule has 2 rings (SSSR count). The van der Waals surface area contributed by atoms with Crippen molar-refractivity contribution in [3.8, 4) is 5.13 Å². The van der Waals surface area contributed by atoms with Crippen LogP contribution in [0.25, 0.3) is 5.13 Å². The highest BCUT2D eigenvalue weighted by Crippen LogP contribution is 2.16. The fourth-order valence-corrected chi connectivity index (χ4v) is 2.05. The predicted octanol–water partition coefficient (Wildman–Crippen LogP) is 1.45. The van der Waals surface area contributed by atoms with Gasteiger partial charge in [0.25, 0.3) is 5.56 Å². The van der Waals surface area contributed by atoms with Crippen LogP contribution >= 0.6 is 27.3 Å². The van der Waals surface area contributed by atoms with Crippen LogP contribution in [-0.2, 0) is 0 Å². The third-order valence-electron chi connectivity index (χ3n) is 1.36. The monoisotopic (exact) mass is 257 g/mol. The van der Waals surface area contributed by atoms with Crippen molar-refractivity contribution in [3.63, 3.8) is 0 Å². The Kier molecular flexibility index (Phi) is 2.24. The zero-order valence-electron chi connectivity index (χ0n) is 6.35. The van der Waals surface area contributed by atoms with Crippen LogP contribution < -0.4 is 5.56 Å². The van der Waals surface area contributed by atoms with E-state index in [1.165, 1.54) is 22.1 Å². The van der Waals surface area contributed by atoms with Gasteiger partial charge in [-0.2, -0.15) is 9.78 Å². The average Bonchev–Trinajstić information content (AvgIpc) is 2.53. The van der Waals surface area contributed by atoms with Crippen molar-refractivity contribution < 1.29 is 0 Å². The van der Waals surface area contributed by atoms with E-state index in [0.717, 1.165) is 0 Å². The molecule has 0 unspecified atom stereocenters. The number of halogens is 1. The first kappa shape index (κ1) is 8.58. The van der Waals surface area contributed by atoms with Crippen molar-refractivity contribution in [3.05, 3.63) is 38.7 Å². The van der Waals surface area contributed by atoms with Gasteiger partial charge in [0, 0.05) is 17.6 Å². The Morgan fingerprint density at radius 1 is 1.54 bits per heavy atom. The van der Waals surface area contributed by atoms with E-state index in [4.69, 9.17) is 0 Å². The van der Waals surface area contributed by atoms with E-state index in [1.54, 1.807) is 17.6 Å². The molecule has 0 radical (unpaired) electrons. The van der Waals surface area contributed by atoms with Gasteiger partial charge in [-0.15, -0.1) is 11.3 Å². The number of thiazole rings is 1. The van der Waals surface area contributed by atoms with Crippen molar-refractivity contribution in [1.82, 2.24) is 14.8 Å². The van der Waals surface area contributed by atoms with Gasteiger partial charge in [0.15, 0.2) is 0 Å². The first-order chi connectivity index (χ1) is 6.27. The molecule has 6 heteroatoms. The van der Waals surface area contributed by atoms with E-state index in [0.29, 0.717) is 9.73 Å². The number of nitrogens with zero attached hydrogens (tertiary/aromatic N) is 3. The smallest absolute Gasteiger partial charge is 0.267 e. The second kappa shape index (κ2) is 3.39.